The Hall–Kier alpha value is -1.64. The van der Waals surface area contributed by atoms with Gasteiger partial charge >= 0.3 is 0 Å². The Morgan fingerprint density at radius 2 is 1.83 bits per heavy atom. The van der Waals surface area contributed by atoms with Crippen LogP contribution in [0.4, 0.5) is 5.69 Å². The van der Waals surface area contributed by atoms with Crippen molar-refractivity contribution in [2.24, 2.45) is 11.7 Å². The molecule has 0 saturated heterocycles. The molecule has 5 N–H and O–H groups in total. The third kappa shape index (κ3) is 5.77. The number of rotatable bonds is 11. The molecule has 0 aliphatic heterocycles. The minimum Gasteiger partial charge on any atom is -0.399 e. The molecule has 1 aromatic carbocycles. The Morgan fingerprint density at radius 3 is 2.33 bits per heavy atom. The molecule has 7 nitrogen and oxygen atoms in total. The van der Waals surface area contributed by atoms with Gasteiger partial charge in [-0.3, -0.25) is 4.79 Å². The number of hydrogen-bond acceptors (Lipinski definition) is 5. The number of benzene rings is 1. The van der Waals surface area contributed by atoms with Gasteiger partial charge in [-0.2, -0.15) is 4.31 Å². The molecule has 0 bridgehead atoms. The fraction of sp³-hybridized carbons (Fsp3) is 0.562. The van der Waals surface area contributed by atoms with Crippen LogP contribution in [0.5, 0.6) is 0 Å². The van der Waals surface area contributed by atoms with Gasteiger partial charge in [0.15, 0.2) is 0 Å². The highest BCUT2D eigenvalue weighted by atomic mass is 32.2. The highest BCUT2D eigenvalue weighted by molar-refractivity contribution is 7.89. The number of nitrogens with one attached hydrogen (secondary N) is 1. The number of nitrogen functional groups attached to an aromatic ring is 1. The van der Waals surface area contributed by atoms with E-state index in [1.807, 2.05) is 13.8 Å². The van der Waals surface area contributed by atoms with E-state index in [1.165, 1.54) is 16.4 Å². The number of carbonyl (C=O) groups excluding carboxylic acids is 1. The zero-order chi connectivity index (χ0) is 18.2. The molecule has 0 aliphatic rings. The molecule has 0 radical (unpaired) electrons. The summed E-state index contributed by atoms with van der Waals surface area (Å²) in [5.74, 6) is 0.110. The first-order chi connectivity index (χ1) is 11.3. The summed E-state index contributed by atoms with van der Waals surface area (Å²) in [6.45, 7) is 4.70. The third-order valence-electron chi connectivity index (χ3n) is 3.57. The van der Waals surface area contributed by atoms with Gasteiger partial charge in [-0.15, -0.1) is 0 Å². The summed E-state index contributed by atoms with van der Waals surface area (Å²) in [5, 5.41) is 2.63. The summed E-state index contributed by atoms with van der Waals surface area (Å²) in [7, 11) is -3.75. The lowest BCUT2D eigenvalue weighted by Gasteiger charge is -2.32. The van der Waals surface area contributed by atoms with E-state index >= 15 is 0 Å². The first-order valence-corrected chi connectivity index (χ1v) is 9.54. The van der Waals surface area contributed by atoms with Crippen molar-refractivity contribution in [1.29, 1.82) is 0 Å². The van der Waals surface area contributed by atoms with Crippen LogP contribution in [0.2, 0.25) is 0 Å². The minimum atomic E-state index is -3.75. The van der Waals surface area contributed by atoms with Crippen LogP contribution in [0, 0.1) is 5.92 Å². The van der Waals surface area contributed by atoms with Crippen LogP contribution in [-0.4, -0.2) is 38.4 Å². The number of anilines is 1. The second-order valence-corrected chi connectivity index (χ2v) is 8.01. The van der Waals surface area contributed by atoms with Crippen molar-refractivity contribution >= 4 is 22.1 Å². The molecular formula is C16H28N4O3S. The lowest BCUT2D eigenvalue weighted by atomic mass is 10.1. The van der Waals surface area contributed by atoms with E-state index in [4.69, 9.17) is 11.5 Å². The zero-order valence-corrected chi connectivity index (χ0v) is 15.1. The van der Waals surface area contributed by atoms with Crippen molar-refractivity contribution in [2.75, 3.05) is 18.8 Å². The van der Waals surface area contributed by atoms with Gasteiger partial charge in [0.25, 0.3) is 0 Å². The van der Waals surface area contributed by atoms with E-state index in [-0.39, 0.29) is 10.8 Å². The van der Waals surface area contributed by atoms with Crippen LogP contribution in [0.25, 0.3) is 0 Å². The molecule has 1 aromatic rings. The van der Waals surface area contributed by atoms with Gasteiger partial charge < -0.3 is 16.8 Å². The second kappa shape index (κ2) is 9.61. The number of amides is 1. The summed E-state index contributed by atoms with van der Waals surface area (Å²) in [6.07, 6.45) is 1.96. The SMILES string of the molecule is CC(C)CN([C@@H](CCCCN)NC=O)S(=O)(=O)c1ccc(N)cc1. The van der Waals surface area contributed by atoms with Crippen molar-refractivity contribution in [3.8, 4) is 0 Å². The van der Waals surface area contributed by atoms with E-state index in [0.717, 1.165) is 12.8 Å². The molecule has 1 rings (SSSR count). The largest absolute Gasteiger partial charge is 0.399 e. The van der Waals surface area contributed by atoms with E-state index < -0.39 is 16.2 Å². The van der Waals surface area contributed by atoms with Crippen LogP contribution in [0.1, 0.15) is 33.1 Å². The van der Waals surface area contributed by atoms with Gasteiger partial charge in [0.1, 0.15) is 0 Å². The van der Waals surface area contributed by atoms with Gasteiger partial charge in [-0.1, -0.05) is 13.8 Å². The Kier molecular flexibility index (Phi) is 8.17. The van der Waals surface area contributed by atoms with E-state index in [9.17, 15) is 13.2 Å². The molecule has 0 saturated carbocycles. The minimum absolute atomic E-state index is 0.110. The van der Waals surface area contributed by atoms with Gasteiger partial charge in [0, 0.05) is 12.2 Å². The average Bonchev–Trinajstić information content (AvgIpc) is 2.52. The van der Waals surface area contributed by atoms with Crippen molar-refractivity contribution in [1.82, 2.24) is 9.62 Å². The lowest BCUT2D eigenvalue weighted by Crippen LogP contribution is -2.49. The maximum atomic E-state index is 13.0. The monoisotopic (exact) mass is 356 g/mol. The summed E-state index contributed by atoms with van der Waals surface area (Å²) >= 11 is 0. The number of sulfonamides is 1. The molecule has 1 atom stereocenters. The maximum Gasteiger partial charge on any atom is 0.244 e. The molecule has 1 amide bonds. The normalized spacial score (nSPS) is 13.2. The quantitative estimate of drug-likeness (QED) is 0.238. The number of carbonyl (C=O) groups is 1. The fourth-order valence-corrected chi connectivity index (χ4v) is 4.15. The summed E-state index contributed by atoms with van der Waals surface area (Å²) in [5.41, 5.74) is 11.6. The van der Waals surface area contributed by atoms with Gasteiger partial charge in [0.2, 0.25) is 16.4 Å². The Balaban J connectivity index is 3.15. The lowest BCUT2D eigenvalue weighted by molar-refractivity contribution is -0.110. The highest BCUT2D eigenvalue weighted by Crippen LogP contribution is 2.22. The molecule has 0 unspecified atom stereocenters. The van der Waals surface area contributed by atoms with Crippen molar-refractivity contribution in [3.05, 3.63) is 24.3 Å². The molecule has 0 spiro atoms. The average molecular weight is 356 g/mol. The molecule has 0 aliphatic carbocycles. The van der Waals surface area contributed by atoms with Crippen molar-refractivity contribution < 1.29 is 13.2 Å². The van der Waals surface area contributed by atoms with Crippen LogP contribution in [0.3, 0.4) is 0 Å². The zero-order valence-electron chi connectivity index (χ0n) is 14.3. The van der Waals surface area contributed by atoms with Gasteiger partial charge in [-0.05, 0) is 56.0 Å². The number of nitrogens with two attached hydrogens (primary N) is 2. The van der Waals surface area contributed by atoms with Gasteiger partial charge in [0.05, 0.1) is 11.1 Å². The van der Waals surface area contributed by atoms with Crippen LogP contribution >= 0.6 is 0 Å². The first kappa shape index (κ1) is 20.4. The number of hydrogen-bond donors (Lipinski definition) is 3. The summed E-state index contributed by atoms with van der Waals surface area (Å²) < 4.78 is 27.4. The van der Waals surface area contributed by atoms with Gasteiger partial charge in [-0.25, -0.2) is 8.42 Å². The van der Waals surface area contributed by atoms with Crippen LogP contribution in [-0.2, 0) is 14.8 Å². The smallest absolute Gasteiger partial charge is 0.244 e. The molecule has 8 heteroatoms. The first-order valence-electron chi connectivity index (χ1n) is 8.10. The van der Waals surface area contributed by atoms with Crippen LogP contribution < -0.4 is 16.8 Å². The Bertz CT molecular complexity index is 602. The number of unbranched alkanes of at least 4 members (excludes halogenated alkanes) is 1. The van der Waals surface area contributed by atoms with Crippen molar-refractivity contribution in [3.63, 3.8) is 0 Å². The molecule has 136 valence electrons. The molecule has 24 heavy (non-hydrogen) atoms. The van der Waals surface area contributed by atoms with E-state index in [2.05, 4.69) is 5.32 Å². The predicted molar refractivity (Wildman–Crippen MR) is 95.5 cm³/mol. The Labute approximate surface area is 144 Å². The fourth-order valence-electron chi connectivity index (χ4n) is 2.40. The molecule has 0 fully saturated rings. The topological polar surface area (TPSA) is 119 Å². The second-order valence-electron chi connectivity index (χ2n) is 6.12. The van der Waals surface area contributed by atoms with E-state index in [1.54, 1.807) is 12.1 Å². The number of nitrogens with zero attached hydrogens (tertiary/aromatic N) is 1. The standard InChI is InChI=1S/C16H28N4O3S/c1-13(2)11-20(16(19-12-21)5-3-4-10-17)24(22,23)15-8-6-14(18)7-9-15/h6-9,12-13,16H,3-5,10-11,17-18H2,1-2H3,(H,19,21)/t16-/m0/s1. The molecule has 0 aromatic heterocycles. The molecule has 0 heterocycles. The summed E-state index contributed by atoms with van der Waals surface area (Å²) in [4.78, 5) is 11.1. The predicted octanol–water partition coefficient (Wildman–Crippen LogP) is 1.12. The Morgan fingerprint density at radius 1 is 1.21 bits per heavy atom. The highest BCUT2D eigenvalue weighted by Gasteiger charge is 2.31. The van der Waals surface area contributed by atoms with Crippen molar-refractivity contribution in [2.45, 2.75) is 44.2 Å². The maximum absolute atomic E-state index is 13.0. The van der Waals surface area contributed by atoms with Crippen LogP contribution in [0.15, 0.2) is 29.2 Å². The third-order valence-corrected chi connectivity index (χ3v) is 5.46. The van der Waals surface area contributed by atoms with E-state index in [0.29, 0.717) is 31.6 Å². The summed E-state index contributed by atoms with van der Waals surface area (Å²) in [6, 6.07) is 6.07. The molecular weight excluding hydrogens is 328 g/mol.